The normalized spacial score (nSPS) is 19.4. The molecule has 0 spiro atoms. The van der Waals surface area contributed by atoms with E-state index in [1.54, 1.807) is 12.1 Å². The minimum Gasteiger partial charge on any atom is -0.404 e. The first-order chi connectivity index (χ1) is 14.5. The summed E-state index contributed by atoms with van der Waals surface area (Å²) in [6.07, 6.45) is 5.49. The van der Waals surface area contributed by atoms with Crippen molar-refractivity contribution in [3.05, 3.63) is 71.9 Å². The Hall–Kier alpha value is -3.48. The number of hydrogen-bond donors (Lipinski definition) is 2. The van der Waals surface area contributed by atoms with Crippen molar-refractivity contribution in [1.29, 1.82) is 5.41 Å². The molecule has 1 aliphatic rings. The van der Waals surface area contributed by atoms with Crippen molar-refractivity contribution in [3.63, 3.8) is 0 Å². The van der Waals surface area contributed by atoms with Crippen LogP contribution in [-0.2, 0) is 6.54 Å². The number of fused-ring (bicyclic) bond motifs is 1. The van der Waals surface area contributed by atoms with Gasteiger partial charge in [-0.2, -0.15) is 0 Å². The van der Waals surface area contributed by atoms with Crippen LogP contribution >= 0.6 is 0 Å². The van der Waals surface area contributed by atoms with Gasteiger partial charge in [0.1, 0.15) is 5.82 Å². The van der Waals surface area contributed by atoms with Gasteiger partial charge in [-0.1, -0.05) is 0 Å². The molecule has 0 radical (unpaired) electrons. The number of amides is 1. The lowest BCUT2D eigenvalue weighted by Gasteiger charge is -2.21. The molecule has 7 heteroatoms. The van der Waals surface area contributed by atoms with E-state index in [0.717, 1.165) is 24.0 Å². The molecule has 4 rings (SSSR count). The predicted octanol–water partition coefficient (Wildman–Crippen LogP) is 3.68. The lowest BCUT2D eigenvalue weighted by molar-refractivity contribution is 0.0742. The number of rotatable bonds is 5. The van der Waals surface area contributed by atoms with Gasteiger partial charge in [-0.25, -0.2) is 9.37 Å². The number of carbonyl (C=O) groups excluding carboxylic acids is 1. The number of likely N-dealkylation sites (tertiary alicyclic amines) is 1. The Morgan fingerprint density at radius 2 is 2.03 bits per heavy atom. The average Bonchev–Trinajstić information content (AvgIpc) is 3.32. The van der Waals surface area contributed by atoms with Gasteiger partial charge in [0.15, 0.2) is 0 Å². The van der Waals surface area contributed by atoms with Crippen LogP contribution in [0.25, 0.3) is 16.6 Å². The van der Waals surface area contributed by atoms with Gasteiger partial charge < -0.3 is 20.6 Å². The van der Waals surface area contributed by atoms with E-state index in [0.29, 0.717) is 29.3 Å². The standard InChI is InChI=1S/C23H24FN5O/c1-15-10-16(14-29(15)23(30)17-2-4-19(24)5-3-17)13-28-9-8-21-22(28)7-6-20(27-21)18(11-25)12-26/h2-9,11-12,15-16,25H,10,13-14,26H2,1H3/b18-12+,25-11?. The van der Waals surface area contributed by atoms with E-state index in [1.807, 2.05) is 29.3 Å². The molecule has 0 saturated carbocycles. The number of allylic oxidation sites excluding steroid dienone is 1. The van der Waals surface area contributed by atoms with Crippen LogP contribution in [0.15, 0.2) is 54.9 Å². The number of pyridine rings is 1. The van der Waals surface area contributed by atoms with Gasteiger partial charge in [0.2, 0.25) is 0 Å². The summed E-state index contributed by atoms with van der Waals surface area (Å²) in [4.78, 5) is 19.3. The van der Waals surface area contributed by atoms with Gasteiger partial charge in [0.05, 0.1) is 16.7 Å². The van der Waals surface area contributed by atoms with Gasteiger partial charge in [0, 0.05) is 48.9 Å². The highest BCUT2D eigenvalue weighted by Crippen LogP contribution is 2.28. The maximum atomic E-state index is 13.2. The lowest BCUT2D eigenvalue weighted by atomic mass is 10.1. The first kappa shape index (κ1) is 19.8. The predicted molar refractivity (Wildman–Crippen MR) is 116 cm³/mol. The zero-order valence-electron chi connectivity index (χ0n) is 16.8. The first-order valence-corrected chi connectivity index (χ1v) is 9.95. The quantitative estimate of drug-likeness (QED) is 0.635. The van der Waals surface area contributed by atoms with E-state index in [4.69, 9.17) is 11.1 Å². The van der Waals surface area contributed by atoms with Crippen LogP contribution < -0.4 is 5.73 Å². The number of nitrogens with zero attached hydrogens (tertiary/aromatic N) is 3. The Morgan fingerprint density at radius 3 is 2.73 bits per heavy atom. The Morgan fingerprint density at radius 1 is 1.27 bits per heavy atom. The topological polar surface area (TPSA) is 88.0 Å². The highest BCUT2D eigenvalue weighted by atomic mass is 19.1. The Bertz CT molecular complexity index is 1120. The summed E-state index contributed by atoms with van der Waals surface area (Å²) < 4.78 is 15.3. The molecule has 0 bridgehead atoms. The minimum atomic E-state index is -0.343. The molecule has 1 saturated heterocycles. The van der Waals surface area contributed by atoms with Gasteiger partial charge in [-0.15, -0.1) is 0 Å². The number of benzene rings is 1. The second-order valence-electron chi connectivity index (χ2n) is 7.75. The Labute approximate surface area is 174 Å². The molecule has 154 valence electrons. The second-order valence-corrected chi connectivity index (χ2v) is 7.75. The molecular weight excluding hydrogens is 381 g/mol. The Balaban J connectivity index is 1.50. The number of halogens is 1. The van der Waals surface area contributed by atoms with E-state index < -0.39 is 0 Å². The lowest BCUT2D eigenvalue weighted by Crippen LogP contribution is -2.34. The van der Waals surface area contributed by atoms with Crippen molar-refractivity contribution >= 4 is 28.7 Å². The molecule has 30 heavy (non-hydrogen) atoms. The SMILES string of the molecule is CC1CC(Cn2ccc3nc(/C(C=N)=C/N)ccc32)CN1C(=O)c1ccc(F)cc1. The van der Waals surface area contributed by atoms with Crippen LogP contribution in [0, 0.1) is 17.1 Å². The molecule has 1 amide bonds. The molecule has 2 unspecified atom stereocenters. The molecule has 3 heterocycles. The fourth-order valence-electron chi connectivity index (χ4n) is 4.20. The van der Waals surface area contributed by atoms with Crippen molar-refractivity contribution in [2.45, 2.75) is 25.9 Å². The molecule has 3 N–H and O–H groups in total. The van der Waals surface area contributed by atoms with Crippen molar-refractivity contribution in [2.24, 2.45) is 11.7 Å². The third-order valence-electron chi connectivity index (χ3n) is 5.72. The summed E-state index contributed by atoms with van der Waals surface area (Å²) in [5.41, 5.74) is 9.18. The monoisotopic (exact) mass is 405 g/mol. The second kappa shape index (κ2) is 8.10. The smallest absolute Gasteiger partial charge is 0.254 e. The van der Waals surface area contributed by atoms with Crippen molar-refractivity contribution in [2.75, 3.05) is 6.54 Å². The molecule has 6 nitrogen and oxygen atoms in total. The van der Waals surface area contributed by atoms with Crippen LogP contribution in [0.3, 0.4) is 0 Å². The van der Waals surface area contributed by atoms with Crippen molar-refractivity contribution in [3.8, 4) is 0 Å². The van der Waals surface area contributed by atoms with E-state index >= 15 is 0 Å². The number of hydrogen-bond acceptors (Lipinski definition) is 4. The minimum absolute atomic E-state index is 0.0542. The van der Waals surface area contributed by atoms with E-state index in [2.05, 4.69) is 16.5 Å². The summed E-state index contributed by atoms with van der Waals surface area (Å²) in [5.74, 6) is -0.0768. The van der Waals surface area contributed by atoms with E-state index in [1.165, 1.54) is 24.5 Å². The van der Waals surface area contributed by atoms with E-state index in [-0.39, 0.29) is 17.8 Å². The zero-order chi connectivity index (χ0) is 21.3. The molecular formula is C23H24FN5O. The highest BCUT2D eigenvalue weighted by molar-refractivity contribution is 6.07. The highest BCUT2D eigenvalue weighted by Gasteiger charge is 2.33. The summed E-state index contributed by atoms with van der Waals surface area (Å²) in [6, 6.07) is 11.7. The maximum absolute atomic E-state index is 13.2. The number of nitrogens with two attached hydrogens (primary N) is 1. The molecule has 1 aromatic carbocycles. The third-order valence-corrected chi connectivity index (χ3v) is 5.72. The summed E-state index contributed by atoms with van der Waals surface area (Å²) in [6.45, 7) is 3.50. The molecule has 1 fully saturated rings. The zero-order valence-corrected chi connectivity index (χ0v) is 16.8. The van der Waals surface area contributed by atoms with Gasteiger partial charge in [0.25, 0.3) is 5.91 Å². The van der Waals surface area contributed by atoms with Crippen LogP contribution in [0.4, 0.5) is 4.39 Å². The number of aromatic nitrogens is 2. The Kier molecular flexibility index (Phi) is 5.35. The average molecular weight is 405 g/mol. The molecule has 1 aliphatic heterocycles. The van der Waals surface area contributed by atoms with Crippen LogP contribution in [0.2, 0.25) is 0 Å². The molecule has 2 atom stereocenters. The van der Waals surface area contributed by atoms with Crippen LogP contribution in [0.5, 0.6) is 0 Å². The fraction of sp³-hybridized carbons (Fsp3) is 0.261. The van der Waals surface area contributed by atoms with E-state index in [9.17, 15) is 9.18 Å². The van der Waals surface area contributed by atoms with Gasteiger partial charge in [-0.05, 0) is 61.7 Å². The van der Waals surface area contributed by atoms with Crippen LogP contribution in [0.1, 0.15) is 29.4 Å². The first-order valence-electron chi connectivity index (χ1n) is 9.95. The summed E-state index contributed by atoms with van der Waals surface area (Å²) in [7, 11) is 0. The third kappa shape index (κ3) is 3.70. The largest absolute Gasteiger partial charge is 0.404 e. The molecule has 2 aromatic heterocycles. The van der Waals surface area contributed by atoms with Crippen molar-refractivity contribution < 1.29 is 9.18 Å². The number of carbonyl (C=O) groups is 1. The number of nitrogens with one attached hydrogen (secondary N) is 1. The maximum Gasteiger partial charge on any atom is 0.254 e. The van der Waals surface area contributed by atoms with Gasteiger partial charge in [-0.3, -0.25) is 4.79 Å². The van der Waals surface area contributed by atoms with Gasteiger partial charge >= 0.3 is 0 Å². The fourth-order valence-corrected chi connectivity index (χ4v) is 4.20. The van der Waals surface area contributed by atoms with Crippen molar-refractivity contribution in [1.82, 2.24) is 14.5 Å². The van der Waals surface area contributed by atoms with Crippen LogP contribution in [-0.4, -0.2) is 39.2 Å². The molecule has 3 aromatic rings. The summed E-state index contributed by atoms with van der Waals surface area (Å²) in [5, 5.41) is 7.44. The molecule has 0 aliphatic carbocycles. The summed E-state index contributed by atoms with van der Waals surface area (Å²) >= 11 is 0.